The molecular weight excluding hydrogens is 261 g/mol. The molecule has 3 N–H and O–H groups in total. The Labute approximate surface area is 107 Å². The van der Waals surface area contributed by atoms with Gasteiger partial charge >= 0.3 is 6.18 Å². The van der Waals surface area contributed by atoms with E-state index in [0.29, 0.717) is 12.8 Å². The van der Waals surface area contributed by atoms with Crippen LogP contribution in [0.1, 0.15) is 25.0 Å². The number of hydrogen-bond donors (Lipinski definition) is 2. The monoisotopic (exact) mass is 274 g/mol. The van der Waals surface area contributed by atoms with Crippen LogP contribution >= 0.6 is 0 Å². The van der Waals surface area contributed by atoms with Gasteiger partial charge in [-0.05, 0) is 18.9 Å². The third-order valence-electron chi connectivity index (χ3n) is 3.14. The molecule has 1 aromatic rings. The first-order valence-corrected chi connectivity index (χ1v) is 5.84. The predicted octanol–water partition coefficient (Wildman–Crippen LogP) is 1.56. The van der Waals surface area contributed by atoms with Crippen molar-refractivity contribution in [2.24, 2.45) is 11.7 Å². The standard InChI is InChI=1S/C11H13F3N4O/c12-11(13,14)8-4-5-16-10(18-8)17-7-3-1-2-6(7)9(15)19/h4-7H,1-3H2,(H2,15,19)(H,16,17,18)/t6-,7-/m0/s1. The largest absolute Gasteiger partial charge is 0.433 e. The van der Waals surface area contributed by atoms with Gasteiger partial charge in [-0.15, -0.1) is 0 Å². The average molecular weight is 274 g/mol. The van der Waals surface area contributed by atoms with Gasteiger partial charge in [-0.1, -0.05) is 6.42 Å². The van der Waals surface area contributed by atoms with Crippen molar-refractivity contribution in [1.29, 1.82) is 0 Å². The summed E-state index contributed by atoms with van der Waals surface area (Å²) in [6.07, 6.45) is -1.39. The Morgan fingerprint density at radius 2 is 2.16 bits per heavy atom. The van der Waals surface area contributed by atoms with Crippen LogP contribution in [0.4, 0.5) is 19.1 Å². The highest BCUT2D eigenvalue weighted by Crippen LogP contribution is 2.30. The molecule has 1 aromatic heterocycles. The highest BCUT2D eigenvalue weighted by atomic mass is 19.4. The van der Waals surface area contributed by atoms with Crippen LogP contribution in [0.2, 0.25) is 0 Å². The van der Waals surface area contributed by atoms with Gasteiger partial charge in [0.2, 0.25) is 11.9 Å². The van der Waals surface area contributed by atoms with E-state index in [1.54, 1.807) is 0 Å². The molecule has 2 rings (SSSR count). The van der Waals surface area contributed by atoms with Crippen LogP contribution < -0.4 is 11.1 Å². The Kier molecular flexibility index (Phi) is 3.59. The molecule has 0 aliphatic heterocycles. The van der Waals surface area contributed by atoms with Crippen molar-refractivity contribution in [2.75, 3.05) is 5.32 Å². The second-order valence-corrected chi connectivity index (χ2v) is 4.45. The minimum atomic E-state index is -4.52. The van der Waals surface area contributed by atoms with E-state index in [4.69, 9.17) is 5.73 Å². The molecule has 8 heteroatoms. The number of nitrogens with two attached hydrogens (primary N) is 1. The van der Waals surface area contributed by atoms with Crippen molar-refractivity contribution >= 4 is 11.9 Å². The van der Waals surface area contributed by atoms with E-state index in [0.717, 1.165) is 18.7 Å². The minimum absolute atomic E-state index is 0.132. The number of carbonyl (C=O) groups is 1. The number of halogens is 3. The van der Waals surface area contributed by atoms with E-state index in [-0.39, 0.29) is 12.0 Å². The van der Waals surface area contributed by atoms with Crippen LogP contribution in [-0.4, -0.2) is 21.9 Å². The Balaban J connectivity index is 2.13. The number of primary amides is 1. The van der Waals surface area contributed by atoms with Gasteiger partial charge in [-0.3, -0.25) is 4.79 Å². The molecule has 104 valence electrons. The molecule has 0 unspecified atom stereocenters. The van der Waals surface area contributed by atoms with Crippen LogP contribution in [-0.2, 0) is 11.0 Å². The molecule has 2 atom stereocenters. The predicted molar refractivity (Wildman–Crippen MR) is 61.0 cm³/mol. The summed E-state index contributed by atoms with van der Waals surface area (Å²) in [5.41, 5.74) is 4.23. The summed E-state index contributed by atoms with van der Waals surface area (Å²) in [7, 11) is 0. The zero-order chi connectivity index (χ0) is 14.0. The Bertz CT molecular complexity index is 477. The molecule has 1 fully saturated rings. The first kappa shape index (κ1) is 13.6. The summed E-state index contributed by atoms with van der Waals surface area (Å²) >= 11 is 0. The molecular formula is C11H13F3N4O. The van der Waals surface area contributed by atoms with Crippen molar-refractivity contribution < 1.29 is 18.0 Å². The molecule has 19 heavy (non-hydrogen) atoms. The lowest BCUT2D eigenvalue weighted by molar-refractivity contribution is -0.141. The van der Waals surface area contributed by atoms with E-state index in [2.05, 4.69) is 15.3 Å². The van der Waals surface area contributed by atoms with Gasteiger partial charge in [0.1, 0.15) is 5.69 Å². The normalized spacial score (nSPS) is 23.3. The van der Waals surface area contributed by atoms with Gasteiger partial charge in [-0.25, -0.2) is 9.97 Å². The summed E-state index contributed by atoms with van der Waals surface area (Å²) in [6.45, 7) is 0. The third kappa shape index (κ3) is 3.12. The topological polar surface area (TPSA) is 80.9 Å². The zero-order valence-corrected chi connectivity index (χ0v) is 9.94. The Hall–Kier alpha value is -1.86. The summed E-state index contributed by atoms with van der Waals surface area (Å²) in [5.74, 6) is -0.979. The van der Waals surface area contributed by atoms with E-state index in [1.807, 2.05) is 0 Å². The summed E-state index contributed by atoms with van der Waals surface area (Å²) in [4.78, 5) is 18.3. The smallest absolute Gasteiger partial charge is 0.369 e. The van der Waals surface area contributed by atoms with Gasteiger partial charge in [0.25, 0.3) is 0 Å². The SMILES string of the molecule is NC(=O)[C@H]1CCC[C@@H]1Nc1nccc(C(F)(F)F)n1. The number of nitrogens with one attached hydrogen (secondary N) is 1. The van der Waals surface area contributed by atoms with Crippen molar-refractivity contribution in [3.63, 3.8) is 0 Å². The number of anilines is 1. The highest BCUT2D eigenvalue weighted by molar-refractivity contribution is 5.78. The van der Waals surface area contributed by atoms with Crippen molar-refractivity contribution in [3.05, 3.63) is 18.0 Å². The lowest BCUT2D eigenvalue weighted by Crippen LogP contribution is -2.34. The fourth-order valence-corrected chi connectivity index (χ4v) is 2.23. The minimum Gasteiger partial charge on any atom is -0.369 e. The van der Waals surface area contributed by atoms with Crippen LogP contribution in [0.5, 0.6) is 0 Å². The first-order chi connectivity index (χ1) is 8.88. The van der Waals surface area contributed by atoms with Crippen molar-refractivity contribution in [1.82, 2.24) is 9.97 Å². The summed E-state index contributed by atoms with van der Waals surface area (Å²) in [6, 6.07) is 0.492. The van der Waals surface area contributed by atoms with Gasteiger partial charge in [0, 0.05) is 12.2 Å². The highest BCUT2D eigenvalue weighted by Gasteiger charge is 2.34. The average Bonchev–Trinajstić information content (AvgIpc) is 2.76. The number of nitrogens with zero attached hydrogens (tertiary/aromatic N) is 2. The molecule has 0 bridgehead atoms. The van der Waals surface area contributed by atoms with Gasteiger partial charge in [0.05, 0.1) is 5.92 Å². The summed E-state index contributed by atoms with van der Waals surface area (Å²) in [5, 5.41) is 2.76. The Morgan fingerprint density at radius 1 is 1.42 bits per heavy atom. The second kappa shape index (κ2) is 5.02. The second-order valence-electron chi connectivity index (χ2n) is 4.45. The lowest BCUT2D eigenvalue weighted by atomic mass is 10.0. The first-order valence-electron chi connectivity index (χ1n) is 5.84. The van der Waals surface area contributed by atoms with Crippen LogP contribution in [0, 0.1) is 5.92 Å². The molecule has 5 nitrogen and oxygen atoms in total. The number of amides is 1. The van der Waals surface area contributed by atoms with E-state index in [9.17, 15) is 18.0 Å². The number of aromatic nitrogens is 2. The zero-order valence-electron chi connectivity index (χ0n) is 9.94. The van der Waals surface area contributed by atoms with Gasteiger partial charge in [-0.2, -0.15) is 13.2 Å². The van der Waals surface area contributed by atoms with Crippen molar-refractivity contribution in [3.8, 4) is 0 Å². The van der Waals surface area contributed by atoms with Gasteiger partial charge in [0.15, 0.2) is 0 Å². The number of rotatable bonds is 3. The fraction of sp³-hybridized carbons (Fsp3) is 0.545. The van der Waals surface area contributed by atoms with Crippen LogP contribution in [0.25, 0.3) is 0 Å². The lowest BCUT2D eigenvalue weighted by Gasteiger charge is -2.18. The third-order valence-corrected chi connectivity index (χ3v) is 3.14. The molecule has 1 heterocycles. The molecule has 0 saturated heterocycles. The summed E-state index contributed by atoms with van der Waals surface area (Å²) < 4.78 is 37.5. The van der Waals surface area contributed by atoms with E-state index < -0.39 is 23.7 Å². The molecule has 1 aliphatic carbocycles. The van der Waals surface area contributed by atoms with E-state index >= 15 is 0 Å². The van der Waals surface area contributed by atoms with E-state index in [1.165, 1.54) is 0 Å². The maximum Gasteiger partial charge on any atom is 0.433 e. The number of hydrogen-bond acceptors (Lipinski definition) is 4. The molecule has 1 saturated carbocycles. The number of carbonyl (C=O) groups excluding carboxylic acids is 1. The molecule has 1 aliphatic rings. The van der Waals surface area contributed by atoms with Gasteiger partial charge < -0.3 is 11.1 Å². The molecule has 0 spiro atoms. The van der Waals surface area contributed by atoms with Crippen LogP contribution in [0.15, 0.2) is 12.3 Å². The molecule has 0 aromatic carbocycles. The quantitative estimate of drug-likeness (QED) is 0.876. The van der Waals surface area contributed by atoms with Crippen molar-refractivity contribution in [2.45, 2.75) is 31.5 Å². The fourth-order valence-electron chi connectivity index (χ4n) is 2.23. The molecule has 1 amide bonds. The maximum atomic E-state index is 12.5. The number of alkyl halides is 3. The maximum absolute atomic E-state index is 12.5. The molecule has 0 radical (unpaired) electrons. The Morgan fingerprint density at radius 3 is 2.79 bits per heavy atom. The van der Waals surface area contributed by atoms with Crippen LogP contribution in [0.3, 0.4) is 0 Å².